The standard InChI is InChI=1S/C34H43N3/c1-22-18-25(24-14-16-34(6,7)17-15-24)12-13-26(22)28-19-30(35-21-23(28)2)27-10-9-11-29-32(27)37(8)31(36-29)20-33(3,4)5/h9-13,18-19,21,24H,14-17,20H2,1-8H3/i1D3,2D3,8D3,20D2,24D. The second-order valence-corrected chi connectivity index (χ2v) is 12.0. The Bertz CT molecular complexity index is 1880. The van der Waals surface area contributed by atoms with Gasteiger partial charge in [0.2, 0.25) is 0 Å². The number of imidazole rings is 1. The number of aromatic nitrogens is 3. The summed E-state index contributed by atoms with van der Waals surface area (Å²) in [5.74, 6) is -1.26. The average Bonchev–Trinajstić information content (AvgIpc) is 3.38. The first kappa shape index (κ1) is 14.9. The molecule has 0 atom stereocenters. The summed E-state index contributed by atoms with van der Waals surface area (Å²) < 4.78 is 103. The fraction of sp³-hybridized carbons (Fsp3) is 0.471. The van der Waals surface area contributed by atoms with Crippen molar-refractivity contribution >= 4 is 11.0 Å². The molecule has 0 spiro atoms. The molecule has 2 heterocycles. The van der Waals surface area contributed by atoms with E-state index in [-0.39, 0.29) is 55.8 Å². The summed E-state index contributed by atoms with van der Waals surface area (Å²) in [4.78, 5) is 8.93. The average molecular weight is 506 g/mol. The van der Waals surface area contributed by atoms with Crippen LogP contribution in [0.15, 0.2) is 48.7 Å². The molecule has 0 radical (unpaired) electrons. The van der Waals surface area contributed by atoms with E-state index in [0.717, 1.165) is 23.6 Å². The molecule has 0 N–H and O–H groups in total. The molecule has 3 nitrogen and oxygen atoms in total. The number of hydrogen-bond acceptors (Lipinski definition) is 2. The third-order valence-electron chi connectivity index (χ3n) is 7.27. The first-order valence-electron chi connectivity index (χ1n) is 18.9. The normalized spacial score (nSPS) is 23.5. The lowest BCUT2D eigenvalue weighted by atomic mass is 9.71. The Balaban J connectivity index is 1.78. The number of para-hydroxylation sites is 1. The third kappa shape index (κ3) is 5.23. The van der Waals surface area contributed by atoms with Crippen molar-refractivity contribution in [3.63, 3.8) is 0 Å². The van der Waals surface area contributed by atoms with Crippen LogP contribution in [-0.4, -0.2) is 14.5 Å². The lowest BCUT2D eigenvalue weighted by Crippen LogP contribution is -2.20. The Morgan fingerprint density at radius 1 is 1.03 bits per heavy atom. The van der Waals surface area contributed by atoms with Gasteiger partial charge in [-0.2, -0.15) is 0 Å². The van der Waals surface area contributed by atoms with Gasteiger partial charge in [-0.1, -0.05) is 65.0 Å². The lowest BCUT2D eigenvalue weighted by molar-refractivity contribution is 0.224. The minimum Gasteiger partial charge on any atom is -0.331 e. The molecule has 0 amide bonds. The number of hydrogen-bond donors (Lipinski definition) is 0. The van der Waals surface area contributed by atoms with E-state index in [2.05, 4.69) is 23.8 Å². The lowest BCUT2D eigenvalue weighted by Gasteiger charge is -2.34. The van der Waals surface area contributed by atoms with E-state index < -0.39 is 38.4 Å². The van der Waals surface area contributed by atoms with Crippen molar-refractivity contribution in [1.82, 2.24) is 14.5 Å². The third-order valence-corrected chi connectivity index (χ3v) is 7.27. The van der Waals surface area contributed by atoms with Crippen molar-refractivity contribution in [1.29, 1.82) is 0 Å². The van der Waals surface area contributed by atoms with Crippen molar-refractivity contribution < 1.29 is 16.4 Å². The number of fused-ring (bicyclic) bond motifs is 1. The molecule has 4 aromatic rings. The summed E-state index contributed by atoms with van der Waals surface area (Å²) >= 11 is 0. The maximum atomic E-state index is 9.27. The highest BCUT2D eigenvalue weighted by atomic mass is 15.1. The van der Waals surface area contributed by atoms with E-state index in [1.807, 2.05) is 0 Å². The Morgan fingerprint density at radius 2 is 1.81 bits per heavy atom. The predicted octanol–water partition coefficient (Wildman–Crippen LogP) is 9.19. The van der Waals surface area contributed by atoms with Gasteiger partial charge in [-0.15, -0.1) is 0 Å². The molecular weight excluding hydrogens is 450 g/mol. The molecule has 194 valence electrons. The number of pyridine rings is 1. The zero-order chi connectivity index (χ0) is 36.8. The Hall–Kier alpha value is -2.94. The van der Waals surface area contributed by atoms with E-state index >= 15 is 0 Å². The maximum absolute atomic E-state index is 9.27. The molecular formula is C34H43N3. The van der Waals surface area contributed by atoms with Crippen LogP contribution in [0.5, 0.6) is 0 Å². The van der Waals surface area contributed by atoms with E-state index in [4.69, 9.17) is 15.1 Å². The second kappa shape index (κ2) is 9.42. The Labute approximate surface area is 240 Å². The zero-order valence-electron chi connectivity index (χ0n) is 34.3. The minimum atomic E-state index is -2.84. The monoisotopic (exact) mass is 505 g/mol. The highest BCUT2D eigenvalue weighted by molar-refractivity contribution is 5.92. The number of benzene rings is 2. The molecule has 1 aliphatic carbocycles. The maximum Gasteiger partial charge on any atom is 0.110 e. The van der Waals surface area contributed by atoms with Crippen LogP contribution in [0, 0.1) is 24.5 Å². The van der Waals surface area contributed by atoms with E-state index in [9.17, 15) is 1.37 Å². The molecule has 0 bridgehead atoms. The van der Waals surface area contributed by atoms with Crippen LogP contribution in [0.25, 0.3) is 33.4 Å². The van der Waals surface area contributed by atoms with Crippen LogP contribution in [0.3, 0.4) is 0 Å². The van der Waals surface area contributed by atoms with Crippen LogP contribution in [0.1, 0.15) is 105 Å². The van der Waals surface area contributed by atoms with Crippen molar-refractivity contribution in [3.05, 3.63) is 71.2 Å². The molecule has 2 aromatic carbocycles. The van der Waals surface area contributed by atoms with Crippen LogP contribution >= 0.6 is 0 Å². The highest BCUT2D eigenvalue weighted by Gasteiger charge is 2.28. The molecule has 1 fully saturated rings. The van der Waals surface area contributed by atoms with Gasteiger partial charge in [-0.25, -0.2) is 4.98 Å². The fourth-order valence-corrected chi connectivity index (χ4v) is 5.09. The van der Waals surface area contributed by atoms with Gasteiger partial charge in [0.05, 0.1) is 16.7 Å². The van der Waals surface area contributed by atoms with Crippen molar-refractivity contribution in [2.45, 2.75) is 86.3 Å². The summed E-state index contributed by atoms with van der Waals surface area (Å²) in [7, 11) is 0. The summed E-state index contributed by atoms with van der Waals surface area (Å²) in [6.07, 6.45) is 1.76. The number of aryl methyl sites for hydroxylation is 3. The number of nitrogens with zero attached hydrogens (tertiary/aromatic N) is 3. The van der Waals surface area contributed by atoms with Gasteiger partial charge in [-0.05, 0) is 96.1 Å². The highest BCUT2D eigenvalue weighted by Crippen LogP contribution is 2.43. The molecule has 3 heteroatoms. The summed E-state index contributed by atoms with van der Waals surface area (Å²) in [6.45, 7) is 1.11. The molecule has 37 heavy (non-hydrogen) atoms. The van der Waals surface area contributed by atoms with Crippen LogP contribution in [0.2, 0.25) is 0 Å². The Kier molecular flexibility index (Phi) is 3.78. The summed E-state index contributed by atoms with van der Waals surface area (Å²) in [6, 6.07) is 11.1. The SMILES string of the molecule is [2H]C([2H])([2H])c1cnc(-c2cccc3nc(C([2H])([2H])C(C)(C)C)n(C([2H])([2H])[2H])c23)cc1-c1ccc(C2([2H])CCC(C)(C)CC2)cc1C([2H])([2H])[2H]. The minimum absolute atomic E-state index is 0.0875. The van der Waals surface area contributed by atoms with Gasteiger partial charge in [0.25, 0.3) is 0 Å². The molecule has 0 aliphatic heterocycles. The molecule has 5 rings (SSSR count). The van der Waals surface area contributed by atoms with Crippen LogP contribution < -0.4 is 0 Å². The summed E-state index contributed by atoms with van der Waals surface area (Å²) in [5, 5.41) is 0. The molecule has 1 aliphatic rings. The van der Waals surface area contributed by atoms with Crippen molar-refractivity contribution in [2.24, 2.45) is 17.8 Å². The van der Waals surface area contributed by atoms with Crippen LogP contribution in [-0.2, 0) is 13.3 Å². The van der Waals surface area contributed by atoms with Crippen LogP contribution in [0.4, 0.5) is 0 Å². The second-order valence-electron chi connectivity index (χ2n) is 12.0. The molecule has 1 saturated carbocycles. The van der Waals surface area contributed by atoms with E-state index in [0.29, 0.717) is 18.4 Å². The first-order chi connectivity index (χ1) is 22.2. The van der Waals surface area contributed by atoms with Crippen molar-refractivity contribution in [3.8, 4) is 22.4 Å². The van der Waals surface area contributed by atoms with Gasteiger partial charge in [0, 0.05) is 41.6 Å². The topological polar surface area (TPSA) is 30.7 Å². The fourth-order valence-electron chi connectivity index (χ4n) is 5.09. The van der Waals surface area contributed by atoms with Gasteiger partial charge < -0.3 is 4.57 Å². The summed E-state index contributed by atoms with van der Waals surface area (Å²) in [5.41, 5.74) is 0.332. The zero-order valence-corrected chi connectivity index (χ0v) is 22.3. The van der Waals surface area contributed by atoms with E-state index in [1.54, 1.807) is 51.1 Å². The van der Waals surface area contributed by atoms with Gasteiger partial charge in [0.1, 0.15) is 5.82 Å². The quantitative estimate of drug-likeness (QED) is 0.277. The Morgan fingerprint density at radius 3 is 2.51 bits per heavy atom. The van der Waals surface area contributed by atoms with E-state index in [1.165, 1.54) is 12.1 Å². The van der Waals surface area contributed by atoms with Crippen molar-refractivity contribution in [2.75, 3.05) is 0 Å². The van der Waals surface area contributed by atoms with Gasteiger partial charge in [-0.3, -0.25) is 4.98 Å². The smallest absolute Gasteiger partial charge is 0.110 e. The molecule has 0 saturated heterocycles. The molecule has 0 unspecified atom stereocenters. The number of rotatable bonds is 4. The van der Waals surface area contributed by atoms with Gasteiger partial charge in [0.15, 0.2) is 0 Å². The van der Waals surface area contributed by atoms with Gasteiger partial charge >= 0.3 is 0 Å². The molecule has 2 aromatic heterocycles. The predicted molar refractivity (Wildman–Crippen MR) is 157 cm³/mol. The first-order valence-corrected chi connectivity index (χ1v) is 12.9. The largest absolute Gasteiger partial charge is 0.331 e.